The Labute approximate surface area is 111 Å². The smallest absolute Gasteiger partial charge is 0.237 e. The van der Waals surface area contributed by atoms with Crippen molar-refractivity contribution in [3.63, 3.8) is 0 Å². The third kappa shape index (κ3) is 4.58. The summed E-state index contributed by atoms with van der Waals surface area (Å²) >= 11 is 0. The number of carbonyl (C=O) groups is 1. The van der Waals surface area contributed by atoms with Gasteiger partial charge < -0.3 is 11.1 Å². The highest BCUT2D eigenvalue weighted by Gasteiger charge is 2.28. The summed E-state index contributed by atoms with van der Waals surface area (Å²) in [6.07, 6.45) is 3.79. The minimum atomic E-state index is -0.337. The maximum Gasteiger partial charge on any atom is 0.237 e. The van der Waals surface area contributed by atoms with Crippen molar-refractivity contribution in [3.8, 4) is 0 Å². The fourth-order valence-electron chi connectivity index (χ4n) is 2.44. The quantitative estimate of drug-likeness (QED) is 0.800. The molecule has 1 amide bonds. The molecule has 1 atom stereocenters. The van der Waals surface area contributed by atoms with Gasteiger partial charge in [-0.3, -0.25) is 9.69 Å². The number of nitrogens with one attached hydrogen (secondary N) is 1. The average Bonchev–Trinajstić information content (AvgIpc) is 2.28. The molecule has 0 unspecified atom stereocenters. The lowest BCUT2D eigenvalue weighted by atomic mass is 9.98. The number of piperidine rings is 1. The van der Waals surface area contributed by atoms with Crippen LogP contribution in [0.15, 0.2) is 0 Å². The van der Waals surface area contributed by atoms with Gasteiger partial charge in [0, 0.05) is 24.7 Å². The molecule has 0 spiro atoms. The summed E-state index contributed by atoms with van der Waals surface area (Å²) in [4.78, 5) is 14.3. The molecule has 0 saturated carbocycles. The van der Waals surface area contributed by atoms with Crippen LogP contribution in [0.3, 0.4) is 0 Å². The molecule has 0 aromatic rings. The molecule has 0 bridgehead atoms. The lowest BCUT2D eigenvalue weighted by Gasteiger charge is -2.41. The molecule has 4 nitrogen and oxygen atoms in total. The van der Waals surface area contributed by atoms with Crippen molar-refractivity contribution in [2.75, 3.05) is 13.1 Å². The molecule has 0 aromatic heterocycles. The Bertz CT molecular complexity index is 265. The van der Waals surface area contributed by atoms with Crippen LogP contribution in [0.4, 0.5) is 0 Å². The topological polar surface area (TPSA) is 58.4 Å². The van der Waals surface area contributed by atoms with E-state index in [4.69, 9.17) is 5.73 Å². The predicted octanol–water partition coefficient (Wildman–Crippen LogP) is 1.49. The van der Waals surface area contributed by atoms with E-state index < -0.39 is 0 Å². The van der Waals surface area contributed by atoms with Crippen LogP contribution < -0.4 is 11.1 Å². The number of carbonyl (C=O) groups excluding carboxylic acids is 1. The summed E-state index contributed by atoms with van der Waals surface area (Å²) in [5.74, 6) is 0.0195. The number of hydrogen-bond acceptors (Lipinski definition) is 3. The van der Waals surface area contributed by atoms with Gasteiger partial charge in [0.1, 0.15) is 0 Å². The van der Waals surface area contributed by atoms with Crippen molar-refractivity contribution in [2.45, 2.75) is 71.0 Å². The second-order valence-electron chi connectivity index (χ2n) is 6.34. The van der Waals surface area contributed by atoms with E-state index in [0.29, 0.717) is 6.04 Å². The van der Waals surface area contributed by atoms with Gasteiger partial charge in [-0.1, -0.05) is 13.3 Å². The van der Waals surface area contributed by atoms with Crippen molar-refractivity contribution < 1.29 is 4.79 Å². The maximum atomic E-state index is 11.8. The average molecular weight is 255 g/mol. The molecule has 0 aromatic carbocycles. The third-order valence-corrected chi connectivity index (χ3v) is 3.73. The van der Waals surface area contributed by atoms with E-state index in [1.807, 2.05) is 0 Å². The monoisotopic (exact) mass is 255 g/mol. The first kappa shape index (κ1) is 15.4. The summed E-state index contributed by atoms with van der Waals surface area (Å²) in [5, 5.41) is 3.08. The van der Waals surface area contributed by atoms with Crippen molar-refractivity contribution >= 4 is 5.91 Å². The second-order valence-corrected chi connectivity index (χ2v) is 6.34. The Morgan fingerprint density at radius 1 is 1.39 bits per heavy atom. The van der Waals surface area contributed by atoms with Crippen LogP contribution in [0.5, 0.6) is 0 Å². The highest BCUT2D eigenvalue weighted by molar-refractivity contribution is 5.81. The highest BCUT2D eigenvalue weighted by Crippen LogP contribution is 2.20. The standard InChI is InChI=1S/C14H29N3O/c1-5-6-12(15)13(18)16-11-7-9-17(10-8-11)14(2,3)4/h11-12H,5-10,15H2,1-4H3,(H,16,18)/t12-/m1/s1. The fraction of sp³-hybridized carbons (Fsp3) is 0.929. The van der Waals surface area contributed by atoms with Crippen LogP contribution in [0.1, 0.15) is 53.4 Å². The van der Waals surface area contributed by atoms with Gasteiger partial charge in [0.05, 0.1) is 6.04 Å². The van der Waals surface area contributed by atoms with Crippen LogP contribution in [0.25, 0.3) is 0 Å². The number of hydrogen-bond donors (Lipinski definition) is 2. The van der Waals surface area contributed by atoms with E-state index in [1.54, 1.807) is 0 Å². The van der Waals surface area contributed by atoms with Gasteiger partial charge in [0.2, 0.25) is 5.91 Å². The highest BCUT2D eigenvalue weighted by atomic mass is 16.2. The largest absolute Gasteiger partial charge is 0.352 e. The van der Waals surface area contributed by atoms with E-state index in [1.165, 1.54) is 0 Å². The van der Waals surface area contributed by atoms with E-state index in [2.05, 4.69) is 37.9 Å². The van der Waals surface area contributed by atoms with E-state index >= 15 is 0 Å². The van der Waals surface area contributed by atoms with Crippen molar-refractivity contribution in [1.82, 2.24) is 10.2 Å². The minimum Gasteiger partial charge on any atom is -0.352 e. The van der Waals surface area contributed by atoms with Gasteiger partial charge in [0.15, 0.2) is 0 Å². The van der Waals surface area contributed by atoms with Crippen molar-refractivity contribution in [1.29, 1.82) is 0 Å². The summed E-state index contributed by atoms with van der Waals surface area (Å²) in [6, 6.07) is -0.0327. The van der Waals surface area contributed by atoms with Gasteiger partial charge in [0.25, 0.3) is 0 Å². The molecule has 1 heterocycles. The van der Waals surface area contributed by atoms with Crippen molar-refractivity contribution in [3.05, 3.63) is 0 Å². The zero-order valence-electron chi connectivity index (χ0n) is 12.3. The molecular formula is C14H29N3O. The van der Waals surface area contributed by atoms with Gasteiger partial charge in [-0.15, -0.1) is 0 Å². The van der Waals surface area contributed by atoms with Gasteiger partial charge in [-0.05, 0) is 40.0 Å². The maximum absolute atomic E-state index is 11.8. The van der Waals surface area contributed by atoms with Crippen LogP contribution in [0, 0.1) is 0 Å². The zero-order chi connectivity index (χ0) is 13.8. The zero-order valence-corrected chi connectivity index (χ0v) is 12.3. The second kappa shape index (κ2) is 6.53. The Morgan fingerprint density at radius 2 is 1.94 bits per heavy atom. The van der Waals surface area contributed by atoms with Crippen LogP contribution in [-0.2, 0) is 4.79 Å². The lowest BCUT2D eigenvalue weighted by Crippen LogP contribution is -2.53. The van der Waals surface area contributed by atoms with Crippen LogP contribution in [0.2, 0.25) is 0 Å². The summed E-state index contributed by atoms with van der Waals surface area (Å²) in [6.45, 7) is 10.9. The van der Waals surface area contributed by atoms with Gasteiger partial charge in [-0.2, -0.15) is 0 Å². The number of rotatable bonds is 4. The SMILES string of the molecule is CCC[C@@H](N)C(=O)NC1CCN(C(C)(C)C)CC1. The summed E-state index contributed by atoms with van der Waals surface area (Å²) in [7, 11) is 0. The van der Waals surface area contributed by atoms with E-state index in [9.17, 15) is 4.79 Å². The normalized spacial score (nSPS) is 20.7. The Morgan fingerprint density at radius 3 is 2.39 bits per heavy atom. The summed E-state index contributed by atoms with van der Waals surface area (Å²) < 4.78 is 0. The molecule has 1 aliphatic heterocycles. The first-order valence-electron chi connectivity index (χ1n) is 7.15. The molecular weight excluding hydrogens is 226 g/mol. The lowest BCUT2D eigenvalue weighted by molar-refractivity contribution is -0.123. The van der Waals surface area contributed by atoms with Crippen molar-refractivity contribution in [2.24, 2.45) is 5.73 Å². The van der Waals surface area contributed by atoms with E-state index in [0.717, 1.165) is 38.8 Å². The van der Waals surface area contributed by atoms with Crippen LogP contribution >= 0.6 is 0 Å². The first-order chi connectivity index (χ1) is 8.34. The minimum absolute atomic E-state index is 0.0195. The van der Waals surface area contributed by atoms with Crippen LogP contribution in [-0.4, -0.2) is 41.5 Å². The molecule has 3 N–H and O–H groups in total. The Hall–Kier alpha value is -0.610. The molecule has 1 rings (SSSR count). The molecule has 0 radical (unpaired) electrons. The van der Waals surface area contributed by atoms with Gasteiger partial charge >= 0.3 is 0 Å². The summed E-state index contributed by atoms with van der Waals surface area (Å²) in [5.41, 5.74) is 6.05. The third-order valence-electron chi connectivity index (χ3n) is 3.73. The molecule has 106 valence electrons. The number of nitrogens with two attached hydrogens (primary N) is 1. The molecule has 0 aliphatic carbocycles. The molecule has 18 heavy (non-hydrogen) atoms. The Balaban J connectivity index is 2.33. The first-order valence-corrected chi connectivity index (χ1v) is 7.15. The Kier molecular flexibility index (Phi) is 5.60. The molecule has 4 heteroatoms. The molecule has 1 aliphatic rings. The fourth-order valence-corrected chi connectivity index (χ4v) is 2.44. The predicted molar refractivity (Wildman–Crippen MR) is 75.4 cm³/mol. The number of nitrogens with zero attached hydrogens (tertiary/aromatic N) is 1. The number of amides is 1. The molecule has 1 fully saturated rings. The van der Waals surface area contributed by atoms with E-state index in [-0.39, 0.29) is 17.5 Å². The number of likely N-dealkylation sites (tertiary alicyclic amines) is 1. The van der Waals surface area contributed by atoms with Gasteiger partial charge in [-0.25, -0.2) is 0 Å². The molecule has 1 saturated heterocycles.